The van der Waals surface area contributed by atoms with Crippen molar-refractivity contribution in [2.45, 2.75) is 25.3 Å². The fourth-order valence-electron chi connectivity index (χ4n) is 2.31. The number of hydrogen-bond acceptors (Lipinski definition) is 3. The zero-order valence-electron chi connectivity index (χ0n) is 10.7. The monoisotopic (exact) mass is 234 g/mol. The van der Waals surface area contributed by atoms with Gasteiger partial charge in [-0.3, -0.25) is 0 Å². The summed E-state index contributed by atoms with van der Waals surface area (Å²) in [5, 5.41) is 13.2. The van der Waals surface area contributed by atoms with Gasteiger partial charge in [-0.05, 0) is 38.9 Å². The molecule has 0 aromatic heterocycles. The second kappa shape index (κ2) is 5.07. The van der Waals surface area contributed by atoms with Gasteiger partial charge in [-0.15, -0.1) is 0 Å². The van der Waals surface area contributed by atoms with Gasteiger partial charge in [0.2, 0.25) is 0 Å². The Morgan fingerprint density at radius 1 is 1.24 bits per heavy atom. The molecular weight excluding hydrogens is 212 g/mol. The van der Waals surface area contributed by atoms with Crippen molar-refractivity contribution in [2.24, 2.45) is 0 Å². The first kappa shape index (κ1) is 12.4. The van der Waals surface area contributed by atoms with E-state index in [1.54, 1.807) is 0 Å². The van der Waals surface area contributed by atoms with E-state index in [0.717, 1.165) is 31.6 Å². The number of hydrogen-bond donors (Lipinski definition) is 2. The molecular formula is C14H22N2O. The lowest BCUT2D eigenvalue weighted by atomic mass is 9.88. The fraction of sp³-hybridized carbons (Fsp3) is 0.571. The lowest BCUT2D eigenvalue weighted by Crippen LogP contribution is -2.50. The Kier molecular flexibility index (Phi) is 3.69. The average Bonchev–Trinajstić information content (AvgIpc) is 2.35. The quantitative estimate of drug-likeness (QED) is 0.838. The van der Waals surface area contributed by atoms with Crippen LogP contribution in [0.2, 0.25) is 0 Å². The highest BCUT2D eigenvalue weighted by Gasteiger charge is 2.32. The molecule has 1 aromatic carbocycles. The maximum absolute atomic E-state index is 9.66. The maximum Gasteiger partial charge on any atom is 0.0662 e. The molecule has 0 aliphatic carbocycles. The molecule has 0 bridgehead atoms. The van der Waals surface area contributed by atoms with Crippen LogP contribution in [0.5, 0.6) is 0 Å². The number of benzene rings is 1. The van der Waals surface area contributed by atoms with Gasteiger partial charge in [-0.2, -0.15) is 0 Å². The van der Waals surface area contributed by atoms with E-state index < -0.39 is 0 Å². The second-order valence-electron chi connectivity index (χ2n) is 5.23. The molecule has 3 nitrogen and oxygen atoms in total. The number of aliphatic hydroxyl groups excluding tert-OH is 1. The summed E-state index contributed by atoms with van der Waals surface area (Å²) in [4.78, 5) is 2.31. The van der Waals surface area contributed by atoms with E-state index in [4.69, 9.17) is 0 Å². The zero-order chi connectivity index (χ0) is 12.3. The Hall–Kier alpha value is -1.06. The Balaban J connectivity index is 2.06. The molecule has 2 rings (SSSR count). The SMILES string of the molecule is Cc1ccc(NC2(CO)CCN(C)CC2)cc1. The molecule has 0 saturated carbocycles. The molecule has 1 heterocycles. The molecule has 0 unspecified atom stereocenters. The van der Waals surface area contributed by atoms with Crippen molar-refractivity contribution in [2.75, 3.05) is 32.1 Å². The van der Waals surface area contributed by atoms with E-state index in [1.807, 2.05) is 0 Å². The summed E-state index contributed by atoms with van der Waals surface area (Å²) in [6.45, 7) is 4.37. The highest BCUT2D eigenvalue weighted by Crippen LogP contribution is 2.26. The van der Waals surface area contributed by atoms with Gasteiger partial charge in [0.25, 0.3) is 0 Å². The smallest absolute Gasteiger partial charge is 0.0662 e. The summed E-state index contributed by atoms with van der Waals surface area (Å²) in [6.07, 6.45) is 1.99. The first-order valence-electron chi connectivity index (χ1n) is 6.28. The van der Waals surface area contributed by atoms with Crippen molar-refractivity contribution >= 4 is 5.69 Å². The van der Waals surface area contributed by atoms with E-state index in [9.17, 15) is 5.11 Å². The number of piperidine rings is 1. The first-order chi connectivity index (χ1) is 8.13. The largest absolute Gasteiger partial charge is 0.394 e. The molecule has 1 aliphatic heterocycles. The predicted octanol–water partition coefficient (Wildman–Crippen LogP) is 1.86. The number of likely N-dealkylation sites (tertiary alicyclic amines) is 1. The van der Waals surface area contributed by atoms with Crippen LogP contribution in [-0.4, -0.2) is 42.3 Å². The van der Waals surface area contributed by atoms with Crippen molar-refractivity contribution in [3.8, 4) is 0 Å². The summed E-state index contributed by atoms with van der Waals surface area (Å²) in [5.41, 5.74) is 2.23. The van der Waals surface area contributed by atoms with Crippen molar-refractivity contribution in [1.29, 1.82) is 0 Å². The summed E-state index contributed by atoms with van der Waals surface area (Å²) in [5.74, 6) is 0. The van der Waals surface area contributed by atoms with Gasteiger partial charge in [0, 0.05) is 18.8 Å². The fourth-order valence-corrected chi connectivity index (χ4v) is 2.31. The van der Waals surface area contributed by atoms with Crippen molar-refractivity contribution in [3.05, 3.63) is 29.8 Å². The number of aryl methyl sites for hydroxylation is 1. The minimum atomic E-state index is -0.137. The van der Waals surface area contributed by atoms with E-state index >= 15 is 0 Å². The van der Waals surface area contributed by atoms with Crippen LogP contribution in [0.25, 0.3) is 0 Å². The minimum absolute atomic E-state index is 0.137. The number of anilines is 1. The van der Waals surface area contributed by atoms with Gasteiger partial charge in [0.1, 0.15) is 0 Å². The van der Waals surface area contributed by atoms with Crippen molar-refractivity contribution < 1.29 is 5.11 Å². The zero-order valence-corrected chi connectivity index (χ0v) is 10.7. The van der Waals surface area contributed by atoms with Crippen molar-refractivity contribution in [3.63, 3.8) is 0 Å². The van der Waals surface area contributed by atoms with Crippen LogP contribution < -0.4 is 5.32 Å². The standard InChI is InChI=1S/C14H22N2O/c1-12-3-5-13(6-4-12)15-14(11-17)7-9-16(2)10-8-14/h3-6,15,17H,7-11H2,1-2H3. The number of nitrogens with one attached hydrogen (secondary N) is 1. The molecule has 94 valence electrons. The van der Waals surface area contributed by atoms with Crippen LogP contribution in [0.3, 0.4) is 0 Å². The second-order valence-corrected chi connectivity index (χ2v) is 5.23. The Bertz CT molecular complexity index is 353. The number of rotatable bonds is 3. The van der Waals surface area contributed by atoms with E-state index in [-0.39, 0.29) is 12.1 Å². The third-order valence-electron chi connectivity index (χ3n) is 3.71. The summed E-state index contributed by atoms with van der Waals surface area (Å²) in [7, 11) is 2.13. The van der Waals surface area contributed by atoms with Crippen LogP contribution in [0.1, 0.15) is 18.4 Å². The van der Waals surface area contributed by atoms with E-state index in [0.29, 0.717) is 0 Å². The molecule has 17 heavy (non-hydrogen) atoms. The van der Waals surface area contributed by atoms with Gasteiger partial charge in [0.05, 0.1) is 12.1 Å². The van der Waals surface area contributed by atoms with Crippen LogP contribution in [-0.2, 0) is 0 Å². The van der Waals surface area contributed by atoms with E-state index in [1.165, 1.54) is 5.56 Å². The molecule has 0 spiro atoms. The summed E-state index contributed by atoms with van der Waals surface area (Å²) >= 11 is 0. The van der Waals surface area contributed by atoms with Gasteiger partial charge in [-0.1, -0.05) is 17.7 Å². The summed E-state index contributed by atoms with van der Waals surface area (Å²) < 4.78 is 0. The highest BCUT2D eigenvalue weighted by molar-refractivity contribution is 5.47. The van der Waals surface area contributed by atoms with E-state index in [2.05, 4.69) is 48.5 Å². The third kappa shape index (κ3) is 2.99. The normalized spacial score (nSPS) is 20.2. The van der Waals surface area contributed by atoms with Gasteiger partial charge >= 0.3 is 0 Å². The lowest BCUT2D eigenvalue weighted by molar-refractivity contribution is 0.133. The predicted molar refractivity (Wildman–Crippen MR) is 71.3 cm³/mol. The van der Waals surface area contributed by atoms with Gasteiger partial charge in [0.15, 0.2) is 0 Å². The molecule has 0 radical (unpaired) electrons. The van der Waals surface area contributed by atoms with Gasteiger partial charge in [-0.25, -0.2) is 0 Å². The third-order valence-corrected chi connectivity index (χ3v) is 3.71. The molecule has 1 saturated heterocycles. The van der Waals surface area contributed by atoms with Crippen LogP contribution >= 0.6 is 0 Å². The molecule has 0 atom stereocenters. The molecule has 1 aromatic rings. The Labute approximate surface area is 103 Å². The summed E-state index contributed by atoms with van der Waals surface area (Å²) in [6, 6.07) is 8.38. The van der Waals surface area contributed by atoms with Crippen LogP contribution in [0.15, 0.2) is 24.3 Å². The molecule has 3 heteroatoms. The number of nitrogens with zero attached hydrogens (tertiary/aromatic N) is 1. The lowest BCUT2D eigenvalue weighted by Gasteiger charge is -2.40. The first-order valence-corrected chi connectivity index (χ1v) is 6.28. The Morgan fingerprint density at radius 2 is 1.82 bits per heavy atom. The Morgan fingerprint density at radius 3 is 2.35 bits per heavy atom. The maximum atomic E-state index is 9.66. The highest BCUT2D eigenvalue weighted by atomic mass is 16.3. The van der Waals surface area contributed by atoms with Gasteiger partial charge < -0.3 is 15.3 Å². The average molecular weight is 234 g/mol. The molecule has 0 amide bonds. The topological polar surface area (TPSA) is 35.5 Å². The van der Waals surface area contributed by atoms with Crippen LogP contribution in [0, 0.1) is 6.92 Å². The van der Waals surface area contributed by atoms with Crippen LogP contribution in [0.4, 0.5) is 5.69 Å². The minimum Gasteiger partial charge on any atom is -0.394 e. The molecule has 1 fully saturated rings. The van der Waals surface area contributed by atoms with Crippen molar-refractivity contribution in [1.82, 2.24) is 4.90 Å². The molecule has 2 N–H and O–H groups in total. The number of aliphatic hydroxyl groups is 1. The molecule has 1 aliphatic rings.